The number of carbonyl (C=O) groups is 3. The maximum Gasteiger partial charge on any atom is 0.408 e. The van der Waals surface area contributed by atoms with E-state index in [1.807, 2.05) is 36.4 Å². The lowest BCUT2D eigenvalue weighted by atomic mass is 9.93. The smallest absolute Gasteiger partial charge is 0.408 e. The Hall–Kier alpha value is -2.91. The molecule has 3 rings (SSSR count). The molecule has 1 atom stereocenters. The minimum atomic E-state index is -0.961. The standard InChI is InChI=1S/C29H38BrN3O5/c30-16-20-37-28(35)26(32-29(36)38-22-25-9-5-2-6-10-25)11-12-27(34)31-17-13-23-14-18-33(19-15-23)21-24-7-3-1-4-8-24/h1-10,23,26H,11-22H2,(H,31,34)(H,32,36)/t26-/m0/s1. The number of esters is 1. The van der Waals surface area contributed by atoms with Crippen molar-refractivity contribution in [3.8, 4) is 0 Å². The molecule has 0 aliphatic carbocycles. The third kappa shape index (κ3) is 11.2. The number of carbonyl (C=O) groups excluding carboxylic acids is 3. The van der Waals surface area contributed by atoms with E-state index < -0.39 is 18.1 Å². The number of hydrogen-bond donors (Lipinski definition) is 2. The first-order valence-corrected chi connectivity index (χ1v) is 14.4. The summed E-state index contributed by atoms with van der Waals surface area (Å²) in [6, 6.07) is 18.8. The summed E-state index contributed by atoms with van der Waals surface area (Å²) in [6.45, 7) is 3.98. The molecule has 9 heteroatoms. The summed E-state index contributed by atoms with van der Waals surface area (Å²) in [6.07, 6.45) is 2.69. The summed E-state index contributed by atoms with van der Waals surface area (Å²) in [5, 5.41) is 5.99. The molecule has 0 bridgehead atoms. The molecule has 2 aromatic carbocycles. The van der Waals surface area contributed by atoms with Crippen molar-refractivity contribution in [1.82, 2.24) is 15.5 Å². The van der Waals surface area contributed by atoms with Gasteiger partial charge in [-0.3, -0.25) is 9.69 Å². The van der Waals surface area contributed by atoms with Gasteiger partial charge >= 0.3 is 12.1 Å². The molecular weight excluding hydrogens is 550 g/mol. The highest BCUT2D eigenvalue weighted by Gasteiger charge is 2.24. The van der Waals surface area contributed by atoms with Gasteiger partial charge in [-0.1, -0.05) is 76.6 Å². The fourth-order valence-corrected chi connectivity index (χ4v) is 4.61. The van der Waals surface area contributed by atoms with Gasteiger partial charge in [-0.05, 0) is 55.8 Å². The average Bonchev–Trinajstić information content (AvgIpc) is 2.95. The molecule has 8 nitrogen and oxygen atoms in total. The summed E-state index contributed by atoms with van der Waals surface area (Å²) in [5.74, 6) is -0.143. The summed E-state index contributed by atoms with van der Waals surface area (Å²) < 4.78 is 10.4. The molecular formula is C29H38BrN3O5. The number of halogens is 1. The Kier molecular flexibility index (Phi) is 13.1. The Morgan fingerprint density at radius 2 is 1.61 bits per heavy atom. The Morgan fingerprint density at radius 1 is 0.947 bits per heavy atom. The molecule has 1 aliphatic rings. The van der Waals surface area contributed by atoms with Gasteiger partial charge in [0, 0.05) is 24.8 Å². The molecule has 0 aromatic heterocycles. The van der Waals surface area contributed by atoms with E-state index >= 15 is 0 Å². The SMILES string of the molecule is O=C(CC[C@H](NC(=O)OCc1ccccc1)C(=O)OCCBr)NCCC1CCN(Cc2ccccc2)CC1. The number of hydrogen-bond acceptors (Lipinski definition) is 6. The first-order valence-electron chi connectivity index (χ1n) is 13.3. The van der Waals surface area contributed by atoms with Crippen molar-refractivity contribution in [3.63, 3.8) is 0 Å². The van der Waals surface area contributed by atoms with E-state index in [1.165, 1.54) is 5.56 Å². The zero-order valence-electron chi connectivity index (χ0n) is 21.8. The average molecular weight is 589 g/mol. The van der Waals surface area contributed by atoms with Crippen LogP contribution in [0.1, 0.15) is 43.2 Å². The van der Waals surface area contributed by atoms with Gasteiger partial charge in [0.05, 0.1) is 0 Å². The second-order valence-corrected chi connectivity index (χ2v) is 10.3. The molecule has 1 aliphatic heterocycles. The number of likely N-dealkylation sites (tertiary alicyclic amines) is 1. The second-order valence-electron chi connectivity index (χ2n) is 9.50. The topological polar surface area (TPSA) is 97.0 Å². The monoisotopic (exact) mass is 587 g/mol. The number of piperidine rings is 1. The predicted octanol–water partition coefficient (Wildman–Crippen LogP) is 4.42. The molecule has 0 unspecified atom stereocenters. The van der Waals surface area contributed by atoms with Crippen LogP contribution in [0.4, 0.5) is 4.79 Å². The van der Waals surface area contributed by atoms with Crippen LogP contribution in [0.2, 0.25) is 0 Å². The molecule has 1 fully saturated rings. The van der Waals surface area contributed by atoms with E-state index in [4.69, 9.17) is 9.47 Å². The summed E-state index contributed by atoms with van der Waals surface area (Å²) in [5.41, 5.74) is 2.17. The lowest BCUT2D eigenvalue weighted by Crippen LogP contribution is -2.43. The Labute approximate surface area is 233 Å². The molecule has 2 N–H and O–H groups in total. The number of benzene rings is 2. The first kappa shape index (κ1) is 29.6. The van der Waals surface area contributed by atoms with Crippen LogP contribution >= 0.6 is 15.9 Å². The van der Waals surface area contributed by atoms with Crippen LogP contribution in [0.15, 0.2) is 60.7 Å². The third-order valence-corrected chi connectivity index (χ3v) is 6.93. The van der Waals surface area contributed by atoms with Gasteiger partial charge in [0.2, 0.25) is 5.91 Å². The Morgan fingerprint density at radius 3 is 2.26 bits per heavy atom. The summed E-state index contributed by atoms with van der Waals surface area (Å²) in [4.78, 5) is 39.6. The quantitative estimate of drug-likeness (QED) is 0.251. The van der Waals surface area contributed by atoms with Crippen LogP contribution in [-0.4, -0.2) is 60.5 Å². The Balaban J connectivity index is 1.34. The molecule has 0 spiro atoms. The fourth-order valence-electron chi connectivity index (χ4n) is 4.45. The maximum absolute atomic E-state index is 12.5. The zero-order chi connectivity index (χ0) is 27.0. The molecule has 2 aromatic rings. The lowest BCUT2D eigenvalue weighted by Gasteiger charge is -2.32. The fraction of sp³-hybridized carbons (Fsp3) is 0.483. The number of alkyl carbamates (subject to hydrolysis) is 1. The molecule has 0 radical (unpaired) electrons. The zero-order valence-corrected chi connectivity index (χ0v) is 23.4. The highest BCUT2D eigenvalue weighted by atomic mass is 79.9. The number of ether oxygens (including phenoxy) is 2. The van der Waals surface area contributed by atoms with Crippen molar-refractivity contribution in [2.75, 3.05) is 31.6 Å². The summed E-state index contributed by atoms with van der Waals surface area (Å²) in [7, 11) is 0. The number of nitrogens with one attached hydrogen (secondary N) is 2. The molecule has 1 saturated heterocycles. The van der Waals surface area contributed by atoms with Crippen LogP contribution in [-0.2, 0) is 32.2 Å². The van der Waals surface area contributed by atoms with E-state index in [-0.39, 0.29) is 32.0 Å². The minimum absolute atomic E-state index is 0.0848. The van der Waals surface area contributed by atoms with E-state index in [0.29, 0.717) is 17.8 Å². The van der Waals surface area contributed by atoms with Gasteiger partial charge in [-0.2, -0.15) is 0 Å². The van der Waals surface area contributed by atoms with Gasteiger partial charge < -0.3 is 20.1 Å². The lowest BCUT2D eigenvalue weighted by molar-refractivity contribution is -0.145. The second kappa shape index (κ2) is 16.8. The largest absolute Gasteiger partial charge is 0.463 e. The van der Waals surface area contributed by atoms with E-state index in [0.717, 1.165) is 44.5 Å². The first-order chi connectivity index (χ1) is 18.5. The molecule has 0 saturated carbocycles. The van der Waals surface area contributed by atoms with Crippen molar-refractivity contribution in [2.24, 2.45) is 5.92 Å². The maximum atomic E-state index is 12.5. The van der Waals surface area contributed by atoms with Crippen LogP contribution in [0, 0.1) is 5.92 Å². The van der Waals surface area contributed by atoms with E-state index in [2.05, 4.69) is 55.7 Å². The van der Waals surface area contributed by atoms with Crippen LogP contribution in [0.5, 0.6) is 0 Å². The van der Waals surface area contributed by atoms with Gasteiger partial charge in [0.25, 0.3) is 0 Å². The van der Waals surface area contributed by atoms with Crippen molar-refractivity contribution < 1.29 is 23.9 Å². The van der Waals surface area contributed by atoms with Crippen molar-refractivity contribution in [1.29, 1.82) is 0 Å². The third-order valence-electron chi connectivity index (χ3n) is 6.60. The van der Waals surface area contributed by atoms with Crippen molar-refractivity contribution in [2.45, 2.75) is 51.3 Å². The van der Waals surface area contributed by atoms with Gasteiger partial charge in [-0.15, -0.1) is 0 Å². The molecule has 38 heavy (non-hydrogen) atoms. The molecule has 1 heterocycles. The van der Waals surface area contributed by atoms with Crippen LogP contribution in [0.25, 0.3) is 0 Å². The Bertz CT molecular complexity index is 984. The number of amides is 2. The predicted molar refractivity (Wildman–Crippen MR) is 150 cm³/mol. The molecule has 206 valence electrons. The molecule has 2 amide bonds. The minimum Gasteiger partial charge on any atom is -0.463 e. The number of rotatable bonds is 14. The number of alkyl halides is 1. The van der Waals surface area contributed by atoms with Crippen molar-refractivity contribution in [3.05, 3.63) is 71.8 Å². The van der Waals surface area contributed by atoms with Crippen molar-refractivity contribution >= 4 is 33.9 Å². The van der Waals surface area contributed by atoms with Gasteiger partial charge in [0.1, 0.15) is 19.3 Å². The van der Waals surface area contributed by atoms with Crippen LogP contribution < -0.4 is 10.6 Å². The van der Waals surface area contributed by atoms with Gasteiger partial charge in [-0.25, -0.2) is 9.59 Å². The van der Waals surface area contributed by atoms with E-state index in [9.17, 15) is 14.4 Å². The number of nitrogens with zero attached hydrogens (tertiary/aromatic N) is 1. The normalized spacial score (nSPS) is 14.9. The highest BCUT2D eigenvalue weighted by Crippen LogP contribution is 2.21. The van der Waals surface area contributed by atoms with E-state index in [1.54, 1.807) is 0 Å². The highest BCUT2D eigenvalue weighted by molar-refractivity contribution is 9.09. The summed E-state index contributed by atoms with van der Waals surface area (Å²) >= 11 is 3.21. The van der Waals surface area contributed by atoms with Gasteiger partial charge in [0.15, 0.2) is 0 Å². The van der Waals surface area contributed by atoms with Crippen LogP contribution in [0.3, 0.4) is 0 Å².